The highest BCUT2D eigenvalue weighted by atomic mass is 19.4. The number of nitrogens with one attached hydrogen (secondary N) is 1. The van der Waals surface area contributed by atoms with Gasteiger partial charge in [0.25, 0.3) is 0 Å². The van der Waals surface area contributed by atoms with Gasteiger partial charge in [-0.05, 0) is 13.3 Å². The van der Waals surface area contributed by atoms with Gasteiger partial charge in [0.1, 0.15) is 0 Å². The third-order valence-electron chi connectivity index (χ3n) is 2.34. The molecular weight excluding hydrogens is 195 g/mol. The summed E-state index contributed by atoms with van der Waals surface area (Å²) in [5, 5.41) is 2.84. The second kappa shape index (κ2) is 2.90. The Bertz CT molecular complexity index is 342. The van der Waals surface area contributed by atoms with Gasteiger partial charge in [0.05, 0.1) is 0 Å². The van der Waals surface area contributed by atoms with E-state index in [9.17, 15) is 13.2 Å². The van der Waals surface area contributed by atoms with E-state index in [1.165, 1.54) is 4.57 Å². The summed E-state index contributed by atoms with van der Waals surface area (Å²) < 4.78 is 38.4. The Balaban J connectivity index is 2.40. The fraction of sp³-hybridized carbons (Fsp3) is 0.625. The van der Waals surface area contributed by atoms with E-state index in [-0.39, 0.29) is 6.04 Å². The van der Waals surface area contributed by atoms with Gasteiger partial charge in [-0.1, -0.05) is 0 Å². The summed E-state index contributed by atoms with van der Waals surface area (Å²) in [7, 11) is 0. The van der Waals surface area contributed by atoms with E-state index < -0.39 is 11.9 Å². The maximum atomic E-state index is 12.3. The first kappa shape index (κ1) is 9.36. The summed E-state index contributed by atoms with van der Waals surface area (Å²) >= 11 is 0. The van der Waals surface area contributed by atoms with Crippen LogP contribution in [0.3, 0.4) is 0 Å². The second-order valence-electron chi connectivity index (χ2n) is 3.42. The Hall–Kier alpha value is -1.20. The first-order chi connectivity index (χ1) is 6.48. The molecule has 2 rings (SSSR count). The molecule has 0 aromatic carbocycles. The molecule has 0 saturated carbocycles. The molecule has 1 N–H and O–H groups in total. The van der Waals surface area contributed by atoms with Crippen LogP contribution >= 0.6 is 0 Å². The molecular formula is C8H10F3N3. The smallest absolute Gasteiger partial charge is 0.356 e. The SMILES string of the molecule is CC1CCNc2nc(C(F)(F)F)cn21. The van der Waals surface area contributed by atoms with E-state index in [0.717, 1.165) is 12.6 Å². The molecule has 2 heterocycles. The lowest BCUT2D eigenvalue weighted by molar-refractivity contribution is -0.140. The normalized spacial score (nSPS) is 21.6. The van der Waals surface area contributed by atoms with Crippen molar-refractivity contribution in [3.63, 3.8) is 0 Å². The van der Waals surface area contributed by atoms with Crippen LogP contribution in [0, 0.1) is 0 Å². The standard InChI is InChI=1S/C8H10F3N3/c1-5-2-3-12-7-13-6(4-14(5)7)8(9,10)11/h4-5H,2-3H2,1H3,(H,12,13). The minimum atomic E-state index is -4.36. The number of anilines is 1. The van der Waals surface area contributed by atoms with Crippen LogP contribution in [-0.4, -0.2) is 16.1 Å². The highest BCUT2D eigenvalue weighted by Crippen LogP contribution is 2.32. The van der Waals surface area contributed by atoms with Crippen LogP contribution < -0.4 is 5.32 Å². The van der Waals surface area contributed by atoms with Crippen LogP contribution in [0.1, 0.15) is 25.1 Å². The van der Waals surface area contributed by atoms with Crippen molar-refractivity contribution in [2.45, 2.75) is 25.6 Å². The molecule has 0 saturated heterocycles. The van der Waals surface area contributed by atoms with Crippen LogP contribution in [0.5, 0.6) is 0 Å². The number of fused-ring (bicyclic) bond motifs is 1. The zero-order valence-corrected chi connectivity index (χ0v) is 7.60. The van der Waals surface area contributed by atoms with Gasteiger partial charge in [-0.2, -0.15) is 13.2 Å². The van der Waals surface area contributed by atoms with Crippen molar-refractivity contribution in [3.05, 3.63) is 11.9 Å². The number of aromatic nitrogens is 2. The minimum Gasteiger partial charge on any atom is -0.356 e. The van der Waals surface area contributed by atoms with Gasteiger partial charge >= 0.3 is 6.18 Å². The van der Waals surface area contributed by atoms with Crippen molar-refractivity contribution in [1.29, 1.82) is 0 Å². The number of hydrogen-bond acceptors (Lipinski definition) is 2. The van der Waals surface area contributed by atoms with Gasteiger partial charge < -0.3 is 9.88 Å². The molecule has 1 atom stereocenters. The van der Waals surface area contributed by atoms with Gasteiger partial charge in [0.15, 0.2) is 5.69 Å². The van der Waals surface area contributed by atoms with Crippen LogP contribution in [0.25, 0.3) is 0 Å². The fourth-order valence-corrected chi connectivity index (χ4v) is 1.53. The van der Waals surface area contributed by atoms with Crippen molar-refractivity contribution in [2.75, 3.05) is 11.9 Å². The predicted molar refractivity (Wildman–Crippen MR) is 45.0 cm³/mol. The molecule has 1 aromatic heterocycles. The van der Waals surface area contributed by atoms with E-state index in [2.05, 4.69) is 10.3 Å². The molecule has 78 valence electrons. The van der Waals surface area contributed by atoms with Crippen LogP contribution in [0.4, 0.5) is 19.1 Å². The quantitative estimate of drug-likeness (QED) is 0.704. The molecule has 0 aliphatic carbocycles. The molecule has 0 fully saturated rings. The lowest BCUT2D eigenvalue weighted by Gasteiger charge is -2.22. The third kappa shape index (κ3) is 1.44. The summed E-state index contributed by atoms with van der Waals surface area (Å²) in [5.74, 6) is 0.316. The van der Waals surface area contributed by atoms with E-state index in [4.69, 9.17) is 0 Å². The first-order valence-corrected chi connectivity index (χ1v) is 4.38. The highest BCUT2D eigenvalue weighted by Gasteiger charge is 2.35. The van der Waals surface area contributed by atoms with Gasteiger partial charge in [-0.15, -0.1) is 0 Å². The first-order valence-electron chi connectivity index (χ1n) is 4.38. The molecule has 1 aliphatic heterocycles. The molecule has 0 bridgehead atoms. The van der Waals surface area contributed by atoms with Crippen LogP contribution in [0.15, 0.2) is 6.20 Å². The summed E-state index contributed by atoms with van der Waals surface area (Å²) in [6.07, 6.45) is -2.47. The molecule has 0 radical (unpaired) electrons. The maximum absolute atomic E-state index is 12.3. The maximum Gasteiger partial charge on any atom is 0.434 e. The number of alkyl halides is 3. The van der Waals surface area contributed by atoms with E-state index in [1.807, 2.05) is 6.92 Å². The molecule has 1 aromatic rings. The summed E-state index contributed by atoms with van der Waals surface area (Å²) in [6, 6.07) is 0.0786. The predicted octanol–water partition coefficient (Wildman–Crippen LogP) is 2.28. The van der Waals surface area contributed by atoms with Gasteiger partial charge in [-0.3, -0.25) is 0 Å². The van der Waals surface area contributed by atoms with Gasteiger partial charge in [0, 0.05) is 18.8 Å². The lowest BCUT2D eigenvalue weighted by Crippen LogP contribution is -2.20. The number of nitrogens with zero attached hydrogens (tertiary/aromatic N) is 2. The molecule has 1 aliphatic rings. The minimum absolute atomic E-state index is 0.0786. The number of rotatable bonds is 0. The Morgan fingerprint density at radius 3 is 2.86 bits per heavy atom. The fourth-order valence-electron chi connectivity index (χ4n) is 1.53. The Morgan fingerprint density at radius 1 is 1.57 bits per heavy atom. The summed E-state index contributed by atoms with van der Waals surface area (Å²) in [5.41, 5.74) is -0.825. The van der Waals surface area contributed by atoms with Gasteiger partial charge in [0.2, 0.25) is 5.95 Å². The van der Waals surface area contributed by atoms with Gasteiger partial charge in [-0.25, -0.2) is 4.98 Å². The zero-order chi connectivity index (χ0) is 10.3. The van der Waals surface area contributed by atoms with Crippen molar-refractivity contribution < 1.29 is 13.2 Å². The number of hydrogen-bond donors (Lipinski definition) is 1. The van der Waals surface area contributed by atoms with Crippen molar-refractivity contribution >= 4 is 5.95 Å². The van der Waals surface area contributed by atoms with Crippen LogP contribution in [-0.2, 0) is 6.18 Å². The van der Waals surface area contributed by atoms with Crippen molar-refractivity contribution in [1.82, 2.24) is 9.55 Å². The average Bonchev–Trinajstić information content (AvgIpc) is 2.48. The molecule has 0 spiro atoms. The monoisotopic (exact) mass is 205 g/mol. The Morgan fingerprint density at radius 2 is 2.29 bits per heavy atom. The number of imidazole rings is 1. The van der Waals surface area contributed by atoms with Crippen molar-refractivity contribution in [3.8, 4) is 0 Å². The average molecular weight is 205 g/mol. The summed E-state index contributed by atoms with van der Waals surface area (Å²) in [6.45, 7) is 2.56. The van der Waals surface area contributed by atoms with E-state index >= 15 is 0 Å². The van der Waals surface area contributed by atoms with E-state index in [1.54, 1.807) is 0 Å². The number of halogens is 3. The molecule has 6 heteroatoms. The molecule has 0 amide bonds. The Kier molecular flexibility index (Phi) is 1.94. The molecule has 1 unspecified atom stereocenters. The van der Waals surface area contributed by atoms with Crippen LogP contribution in [0.2, 0.25) is 0 Å². The Labute approximate surface area is 78.9 Å². The highest BCUT2D eigenvalue weighted by molar-refractivity contribution is 5.32. The second-order valence-corrected chi connectivity index (χ2v) is 3.42. The topological polar surface area (TPSA) is 29.9 Å². The summed E-state index contributed by atoms with van der Waals surface area (Å²) in [4.78, 5) is 3.50. The zero-order valence-electron chi connectivity index (χ0n) is 7.60. The largest absolute Gasteiger partial charge is 0.434 e. The van der Waals surface area contributed by atoms with E-state index in [0.29, 0.717) is 12.5 Å². The molecule has 14 heavy (non-hydrogen) atoms. The lowest BCUT2D eigenvalue weighted by atomic mass is 10.2. The third-order valence-corrected chi connectivity index (χ3v) is 2.34. The van der Waals surface area contributed by atoms with Crippen molar-refractivity contribution in [2.24, 2.45) is 0 Å². The molecule has 3 nitrogen and oxygen atoms in total.